The molecule has 0 bridgehead atoms. The Balaban J connectivity index is 1.83. The third kappa shape index (κ3) is 4.85. The van der Waals surface area contributed by atoms with Gasteiger partial charge in [0.2, 0.25) is 0 Å². The average molecular weight is 567 g/mol. The lowest BCUT2D eigenvalue weighted by atomic mass is 9.77. The number of nitrogens with zero attached hydrogens (tertiary/aromatic N) is 4. The largest absolute Gasteiger partial charge is 0.478 e. The molecule has 0 aliphatic rings. The van der Waals surface area contributed by atoms with Crippen molar-refractivity contribution in [2.45, 2.75) is 12.5 Å². The van der Waals surface area contributed by atoms with Crippen molar-refractivity contribution in [1.29, 1.82) is 0 Å². The smallest absolute Gasteiger partial charge is 0.328 e. The lowest BCUT2D eigenvalue weighted by molar-refractivity contribution is -0.385. The molecule has 0 saturated carbocycles. The number of aromatic nitrogens is 3. The van der Waals surface area contributed by atoms with Crippen molar-refractivity contribution < 1.29 is 14.8 Å². The highest BCUT2D eigenvalue weighted by atomic mass is 16.6. The van der Waals surface area contributed by atoms with Crippen LogP contribution in [0.3, 0.4) is 0 Å². The van der Waals surface area contributed by atoms with E-state index in [1.807, 2.05) is 115 Å². The van der Waals surface area contributed by atoms with Gasteiger partial charge in [-0.25, -0.2) is 9.48 Å². The number of aryl methyl sites for hydroxylation is 1. The van der Waals surface area contributed by atoms with Crippen LogP contribution in [0.2, 0.25) is 0 Å². The number of aliphatic carboxylic acids is 1. The molecule has 0 amide bonds. The van der Waals surface area contributed by atoms with Gasteiger partial charge in [-0.1, -0.05) is 91.0 Å². The molecular weight excluding hydrogens is 540 g/mol. The van der Waals surface area contributed by atoms with E-state index in [4.69, 9.17) is 5.10 Å². The molecule has 43 heavy (non-hydrogen) atoms. The molecule has 0 aliphatic carbocycles. The lowest BCUT2D eigenvalue weighted by Gasteiger charge is -2.37. The number of fused-ring (bicyclic) bond motifs is 1. The quantitative estimate of drug-likeness (QED) is 0.0899. The van der Waals surface area contributed by atoms with Gasteiger partial charge in [0.15, 0.2) is 0 Å². The Morgan fingerprint density at radius 2 is 1.42 bits per heavy atom. The van der Waals surface area contributed by atoms with Gasteiger partial charge in [0.05, 0.1) is 16.0 Å². The summed E-state index contributed by atoms with van der Waals surface area (Å²) < 4.78 is 1.87. The Hall–Kier alpha value is -5.89. The monoisotopic (exact) mass is 566 g/mol. The fourth-order valence-corrected chi connectivity index (χ4v) is 5.69. The maximum Gasteiger partial charge on any atom is 0.328 e. The molecule has 0 atom stereocenters. The zero-order valence-electron chi connectivity index (χ0n) is 23.2. The van der Waals surface area contributed by atoms with Crippen molar-refractivity contribution in [2.24, 2.45) is 0 Å². The average Bonchev–Trinajstić information content (AvgIpc) is 3.40. The van der Waals surface area contributed by atoms with Crippen LogP contribution in [0, 0.1) is 17.0 Å². The fraction of sp³-hybridized carbons (Fsp3) is 0.0571. The van der Waals surface area contributed by atoms with Gasteiger partial charge >= 0.3 is 5.97 Å². The second-order valence-corrected chi connectivity index (χ2v) is 10.1. The van der Waals surface area contributed by atoms with Gasteiger partial charge in [-0.3, -0.25) is 15.1 Å². The highest BCUT2D eigenvalue weighted by Gasteiger charge is 2.41. The second kappa shape index (κ2) is 11.2. The molecule has 0 radical (unpaired) electrons. The Morgan fingerprint density at radius 3 is 1.91 bits per heavy atom. The minimum atomic E-state index is -1.20. The summed E-state index contributed by atoms with van der Waals surface area (Å²) in [6.45, 7) is 1.89. The number of carbonyl (C=O) groups is 1. The van der Waals surface area contributed by atoms with E-state index in [9.17, 15) is 20.0 Å². The second-order valence-electron chi connectivity index (χ2n) is 10.1. The number of carboxylic acids is 1. The number of rotatable bonds is 8. The minimum absolute atomic E-state index is 0.163. The maximum atomic E-state index is 12.4. The van der Waals surface area contributed by atoms with Crippen molar-refractivity contribution in [1.82, 2.24) is 14.8 Å². The SMILES string of the molecule is Cc1cc(-c2nn(C(c3ccccc3)(c3ccccc3)c3ccccc3)c3cc([N+](=O)[O-])c(C=CC(=O)O)cc23)ccn1. The van der Waals surface area contributed by atoms with Crippen LogP contribution >= 0.6 is 0 Å². The molecule has 2 heterocycles. The summed E-state index contributed by atoms with van der Waals surface area (Å²) in [6, 6.07) is 36.7. The van der Waals surface area contributed by atoms with Crippen LogP contribution < -0.4 is 0 Å². The predicted molar refractivity (Wildman–Crippen MR) is 166 cm³/mol. The standard InChI is InChI=1S/C35H26N4O4/c1-24-21-26(19-20-36-24)34-30-22-25(17-18-33(40)41)31(39(42)43)23-32(30)38(37-34)35(27-11-5-2-6-12-27,28-13-7-3-8-14-28)29-15-9-4-10-16-29/h2-23H,1H3,(H,40,41). The lowest BCUT2D eigenvalue weighted by Crippen LogP contribution is -2.38. The number of hydrogen-bond donors (Lipinski definition) is 1. The first-order valence-electron chi connectivity index (χ1n) is 13.6. The van der Waals surface area contributed by atoms with Crippen LogP contribution in [0.5, 0.6) is 0 Å². The van der Waals surface area contributed by atoms with E-state index in [1.54, 1.807) is 12.3 Å². The number of carboxylic acid groups (broad SMARTS) is 1. The van der Waals surface area contributed by atoms with E-state index in [0.29, 0.717) is 16.6 Å². The first kappa shape index (κ1) is 27.3. The molecule has 4 aromatic carbocycles. The van der Waals surface area contributed by atoms with Crippen molar-refractivity contribution in [2.75, 3.05) is 0 Å². The third-order valence-corrected chi connectivity index (χ3v) is 7.49. The summed E-state index contributed by atoms with van der Waals surface area (Å²) in [7, 11) is 0. The summed E-state index contributed by atoms with van der Waals surface area (Å²) in [4.78, 5) is 27.6. The Kier molecular flexibility index (Phi) is 7.09. The van der Waals surface area contributed by atoms with E-state index in [1.165, 1.54) is 12.1 Å². The van der Waals surface area contributed by atoms with Crippen molar-refractivity contribution in [3.63, 3.8) is 0 Å². The first-order chi connectivity index (χ1) is 20.9. The molecule has 0 unspecified atom stereocenters. The summed E-state index contributed by atoms with van der Waals surface area (Å²) in [5.74, 6) is -1.20. The topological polar surface area (TPSA) is 111 Å². The van der Waals surface area contributed by atoms with Gasteiger partial charge in [0, 0.05) is 35.0 Å². The van der Waals surface area contributed by atoms with Gasteiger partial charge < -0.3 is 5.11 Å². The number of nitro groups is 1. The van der Waals surface area contributed by atoms with Crippen molar-refractivity contribution in [3.05, 3.63) is 166 Å². The Morgan fingerprint density at radius 1 is 0.860 bits per heavy atom. The molecule has 0 fully saturated rings. The summed E-state index contributed by atoms with van der Waals surface area (Å²) in [5, 5.41) is 27.6. The number of pyridine rings is 1. The predicted octanol–water partition coefficient (Wildman–Crippen LogP) is 7.25. The van der Waals surface area contributed by atoms with Gasteiger partial charge in [-0.15, -0.1) is 0 Å². The van der Waals surface area contributed by atoms with Crippen LogP contribution in [-0.4, -0.2) is 30.8 Å². The van der Waals surface area contributed by atoms with Gasteiger partial charge in [0.1, 0.15) is 11.2 Å². The molecule has 1 N–H and O–H groups in total. The molecule has 210 valence electrons. The van der Waals surface area contributed by atoms with E-state index >= 15 is 0 Å². The Bertz CT molecular complexity index is 1890. The van der Waals surface area contributed by atoms with Crippen molar-refractivity contribution in [3.8, 4) is 11.3 Å². The van der Waals surface area contributed by atoms with Gasteiger partial charge in [0.25, 0.3) is 5.69 Å². The summed E-state index contributed by atoms with van der Waals surface area (Å²) in [5.41, 5.74) is 4.30. The molecule has 8 heteroatoms. The fourth-order valence-electron chi connectivity index (χ4n) is 5.69. The highest BCUT2D eigenvalue weighted by Crippen LogP contribution is 2.45. The van der Waals surface area contributed by atoms with Crippen LogP contribution in [0.1, 0.15) is 27.9 Å². The summed E-state index contributed by atoms with van der Waals surface area (Å²) >= 11 is 0. The van der Waals surface area contributed by atoms with Crippen LogP contribution in [0.15, 0.2) is 128 Å². The number of nitro benzene ring substituents is 1. The molecule has 0 aliphatic heterocycles. The minimum Gasteiger partial charge on any atom is -0.478 e. The molecule has 8 nitrogen and oxygen atoms in total. The van der Waals surface area contributed by atoms with Crippen LogP contribution in [-0.2, 0) is 10.3 Å². The maximum absolute atomic E-state index is 12.4. The normalized spacial score (nSPS) is 11.7. The van der Waals surface area contributed by atoms with Crippen molar-refractivity contribution >= 4 is 28.6 Å². The number of hydrogen-bond acceptors (Lipinski definition) is 5. The van der Waals surface area contributed by atoms with E-state index in [-0.39, 0.29) is 11.3 Å². The van der Waals surface area contributed by atoms with Gasteiger partial charge in [-0.05, 0) is 47.9 Å². The van der Waals surface area contributed by atoms with E-state index in [2.05, 4.69) is 4.98 Å². The Labute approximate surface area is 247 Å². The molecule has 0 spiro atoms. The third-order valence-electron chi connectivity index (χ3n) is 7.49. The van der Waals surface area contributed by atoms with E-state index in [0.717, 1.165) is 34.0 Å². The molecule has 6 rings (SSSR count). The van der Waals surface area contributed by atoms with E-state index < -0.39 is 16.4 Å². The summed E-state index contributed by atoms with van der Waals surface area (Å²) in [6.07, 6.45) is 3.85. The van der Waals surface area contributed by atoms with Gasteiger partial charge in [-0.2, -0.15) is 5.10 Å². The zero-order chi connectivity index (χ0) is 30.0. The molecule has 0 saturated heterocycles. The highest BCUT2D eigenvalue weighted by molar-refractivity contribution is 5.98. The molecule has 2 aromatic heterocycles. The number of benzene rings is 4. The van der Waals surface area contributed by atoms with Crippen LogP contribution in [0.25, 0.3) is 28.2 Å². The van der Waals surface area contributed by atoms with Crippen LogP contribution in [0.4, 0.5) is 5.69 Å². The zero-order valence-corrected chi connectivity index (χ0v) is 23.2. The molecule has 6 aromatic rings. The molecular formula is C35H26N4O4. The first-order valence-corrected chi connectivity index (χ1v) is 13.6.